The molecule has 27 heavy (non-hydrogen) atoms. The Bertz CT molecular complexity index is 975. The zero-order chi connectivity index (χ0) is 18.9. The second kappa shape index (κ2) is 7.03. The number of hydrogen-bond donors (Lipinski definition) is 0. The minimum atomic E-state index is -0.135. The van der Waals surface area contributed by atoms with Crippen LogP contribution < -0.4 is 4.74 Å². The van der Waals surface area contributed by atoms with Gasteiger partial charge in [-0.15, -0.1) is 0 Å². The van der Waals surface area contributed by atoms with Crippen molar-refractivity contribution in [2.45, 2.75) is 32.6 Å². The first-order valence-electron chi connectivity index (χ1n) is 9.54. The summed E-state index contributed by atoms with van der Waals surface area (Å²) in [5.74, 6) is 1.00. The molecular formula is C25H26NO+. The molecule has 1 heterocycles. The van der Waals surface area contributed by atoms with E-state index in [9.17, 15) is 0 Å². The number of rotatable bonds is 3. The van der Waals surface area contributed by atoms with Gasteiger partial charge < -0.3 is 4.74 Å². The van der Waals surface area contributed by atoms with Gasteiger partial charge in [0, 0.05) is 23.1 Å². The Balaban J connectivity index is 1.81. The van der Waals surface area contributed by atoms with Crippen LogP contribution in [0.4, 0.5) is 5.69 Å². The summed E-state index contributed by atoms with van der Waals surface area (Å²) in [4.78, 5) is 0. The molecule has 0 saturated carbocycles. The second-order valence-corrected chi connectivity index (χ2v) is 7.75. The van der Waals surface area contributed by atoms with E-state index < -0.39 is 0 Å². The SMILES string of the molecule is Cc1cc2c(c(C(C)(C)C3=CC=CCC=C3)c1)OC[N+](c1ccccc1)=C2. The lowest BCUT2D eigenvalue weighted by Gasteiger charge is -2.30. The normalized spacial score (nSPS) is 16.1. The van der Waals surface area contributed by atoms with Crippen molar-refractivity contribution in [1.82, 2.24) is 0 Å². The molecule has 136 valence electrons. The minimum Gasteiger partial charge on any atom is -0.435 e. The molecule has 1 aliphatic carbocycles. The molecule has 2 heteroatoms. The van der Waals surface area contributed by atoms with E-state index in [2.05, 4.69) is 98.3 Å². The molecule has 1 aliphatic heterocycles. The number of hydrogen-bond acceptors (Lipinski definition) is 1. The molecule has 2 aromatic carbocycles. The fourth-order valence-corrected chi connectivity index (χ4v) is 3.78. The van der Waals surface area contributed by atoms with Crippen molar-refractivity contribution in [3.05, 3.63) is 95.1 Å². The lowest BCUT2D eigenvalue weighted by atomic mass is 9.75. The third kappa shape index (κ3) is 3.40. The van der Waals surface area contributed by atoms with Gasteiger partial charge in [0.05, 0.1) is 5.56 Å². The molecule has 0 amide bonds. The highest BCUT2D eigenvalue weighted by molar-refractivity contribution is 5.83. The number of para-hydroxylation sites is 1. The van der Waals surface area contributed by atoms with E-state index in [-0.39, 0.29) is 5.41 Å². The Morgan fingerprint density at radius 1 is 1.04 bits per heavy atom. The maximum atomic E-state index is 6.31. The van der Waals surface area contributed by atoms with Gasteiger partial charge in [0.2, 0.25) is 5.69 Å². The number of aryl methyl sites for hydroxylation is 1. The molecule has 0 aromatic heterocycles. The third-order valence-corrected chi connectivity index (χ3v) is 5.37. The summed E-state index contributed by atoms with van der Waals surface area (Å²) in [5, 5.41) is 0. The third-order valence-electron chi connectivity index (χ3n) is 5.37. The summed E-state index contributed by atoms with van der Waals surface area (Å²) < 4.78 is 8.47. The summed E-state index contributed by atoms with van der Waals surface area (Å²) in [6.07, 6.45) is 14.2. The zero-order valence-corrected chi connectivity index (χ0v) is 16.3. The molecule has 2 aromatic rings. The molecule has 0 radical (unpaired) electrons. The molecule has 0 unspecified atom stereocenters. The van der Waals surface area contributed by atoms with Crippen LogP contribution in [0.5, 0.6) is 5.75 Å². The van der Waals surface area contributed by atoms with Crippen LogP contribution in [-0.4, -0.2) is 17.5 Å². The van der Waals surface area contributed by atoms with Crippen molar-refractivity contribution in [3.8, 4) is 5.75 Å². The van der Waals surface area contributed by atoms with Crippen LogP contribution in [0.2, 0.25) is 0 Å². The smallest absolute Gasteiger partial charge is 0.292 e. The van der Waals surface area contributed by atoms with Crippen LogP contribution >= 0.6 is 0 Å². The number of nitrogens with zero attached hydrogens (tertiary/aromatic N) is 1. The average Bonchev–Trinajstić information content (AvgIpc) is 2.97. The molecule has 4 rings (SSSR count). The number of benzene rings is 2. The van der Waals surface area contributed by atoms with E-state index >= 15 is 0 Å². The molecule has 0 saturated heterocycles. The maximum absolute atomic E-state index is 6.31. The zero-order valence-electron chi connectivity index (χ0n) is 16.3. The Morgan fingerprint density at radius 3 is 2.67 bits per heavy atom. The average molecular weight is 356 g/mol. The van der Waals surface area contributed by atoms with Crippen molar-refractivity contribution < 1.29 is 9.31 Å². The van der Waals surface area contributed by atoms with Gasteiger partial charge in [0.1, 0.15) is 5.75 Å². The number of allylic oxidation sites excluding steroid dienone is 6. The highest BCUT2D eigenvalue weighted by atomic mass is 16.5. The predicted molar refractivity (Wildman–Crippen MR) is 112 cm³/mol. The van der Waals surface area contributed by atoms with Crippen molar-refractivity contribution in [2.75, 3.05) is 6.73 Å². The highest BCUT2D eigenvalue weighted by Gasteiger charge is 2.32. The first-order chi connectivity index (χ1) is 13.1. The fraction of sp³-hybridized carbons (Fsp3) is 0.240. The molecule has 0 atom stereocenters. The van der Waals surface area contributed by atoms with E-state index in [4.69, 9.17) is 4.74 Å². The molecule has 0 bridgehead atoms. The van der Waals surface area contributed by atoms with Gasteiger partial charge in [0.15, 0.2) is 6.21 Å². The minimum absolute atomic E-state index is 0.135. The van der Waals surface area contributed by atoms with E-state index in [1.165, 1.54) is 16.7 Å². The molecule has 2 nitrogen and oxygen atoms in total. The van der Waals surface area contributed by atoms with Crippen molar-refractivity contribution in [3.63, 3.8) is 0 Å². The van der Waals surface area contributed by atoms with E-state index in [1.807, 2.05) is 6.07 Å². The van der Waals surface area contributed by atoms with Crippen molar-refractivity contribution in [2.24, 2.45) is 0 Å². The van der Waals surface area contributed by atoms with Crippen LogP contribution in [0.25, 0.3) is 0 Å². The quantitative estimate of drug-likeness (QED) is 0.630. The second-order valence-electron chi connectivity index (χ2n) is 7.75. The largest absolute Gasteiger partial charge is 0.435 e. The van der Waals surface area contributed by atoms with Gasteiger partial charge in [0.25, 0.3) is 6.73 Å². The Morgan fingerprint density at radius 2 is 1.85 bits per heavy atom. The standard InChI is InChI=1S/C25H26NO/c1-19-15-20-17-26(22-13-9-6-10-14-22)18-27-24(20)23(16-19)25(2,3)21-11-7-4-5-8-12-21/h4,6-17H,5,18H2,1-3H3/q+1. The summed E-state index contributed by atoms with van der Waals surface area (Å²) in [7, 11) is 0. The van der Waals surface area contributed by atoms with E-state index in [0.717, 1.165) is 23.4 Å². The summed E-state index contributed by atoms with van der Waals surface area (Å²) in [6, 6.07) is 14.9. The Hall–Kier alpha value is -2.87. The Kier molecular flexibility index (Phi) is 4.57. The molecule has 2 aliphatic rings. The van der Waals surface area contributed by atoms with Crippen LogP contribution in [0.1, 0.15) is 37.0 Å². The molecule has 0 fully saturated rings. The fourth-order valence-electron chi connectivity index (χ4n) is 3.78. The van der Waals surface area contributed by atoms with Crippen molar-refractivity contribution >= 4 is 11.9 Å². The number of fused-ring (bicyclic) bond motifs is 1. The first kappa shape index (κ1) is 17.5. The predicted octanol–water partition coefficient (Wildman–Crippen LogP) is 5.83. The van der Waals surface area contributed by atoms with Gasteiger partial charge in [-0.2, -0.15) is 4.58 Å². The summed E-state index contributed by atoms with van der Waals surface area (Å²) in [6.45, 7) is 7.25. The molecule has 0 spiro atoms. The molecule has 0 N–H and O–H groups in total. The van der Waals surface area contributed by atoms with Crippen LogP contribution in [0.3, 0.4) is 0 Å². The first-order valence-corrected chi connectivity index (χ1v) is 9.54. The van der Waals surface area contributed by atoms with Gasteiger partial charge in [-0.3, -0.25) is 0 Å². The monoisotopic (exact) mass is 356 g/mol. The highest BCUT2D eigenvalue weighted by Crippen LogP contribution is 2.41. The van der Waals surface area contributed by atoms with Gasteiger partial charge in [-0.05, 0) is 30.5 Å². The lowest BCUT2D eigenvalue weighted by molar-refractivity contribution is -0.476. The lowest BCUT2D eigenvalue weighted by Crippen LogP contribution is -2.26. The van der Waals surface area contributed by atoms with Crippen LogP contribution in [0.15, 0.2) is 78.4 Å². The van der Waals surface area contributed by atoms with Gasteiger partial charge in [-0.1, -0.05) is 68.5 Å². The van der Waals surface area contributed by atoms with E-state index in [0.29, 0.717) is 6.73 Å². The van der Waals surface area contributed by atoms with Gasteiger partial charge in [-0.25, -0.2) is 0 Å². The van der Waals surface area contributed by atoms with Crippen LogP contribution in [-0.2, 0) is 5.41 Å². The van der Waals surface area contributed by atoms with Crippen LogP contribution in [0, 0.1) is 6.92 Å². The topological polar surface area (TPSA) is 12.2 Å². The Labute approximate surface area is 161 Å². The molecular weight excluding hydrogens is 330 g/mol. The van der Waals surface area contributed by atoms with Crippen molar-refractivity contribution in [1.29, 1.82) is 0 Å². The maximum Gasteiger partial charge on any atom is 0.292 e. The van der Waals surface area contributed by atoms with E-state index in [1.54, 1.807) is 0 Å². The number of ether oxygens (including phenoxy) is 1. The van der Waals surface area contributed by atoms with Gasteiger partial charge >= 0.3 is 0 Å². The summed E-state index contributed by atoms with van der Waals surface area (Å²) in [5.41, 5.74) is 5.95. The summed E-state index contributed by atoms with van der Waals surface area (Å²) >= 11 is 0.